The number of aromatic nitrogens is 2. The third kappa shape index (κ3) is 3.35. The molecule has 2 atom stereocenters. The van der Waals surface area contributed by atoms with Crippen molar-refractivity contribution in [2.75, 3.05) is 0 Å². The van der Waals surface area contributed by atoms with E-state index >= 15 is 0 Å². The first-order chi connectivity index (χ1) is 10.3. The summed E-state index contributed by atoms with van der Waals surface area (Å²) in [5.41, 5.74) is 3.37. The predicted octanol–water partition coefficient (Wildman–Crippen LogP) is 4.09. The van der Waals surface area contributed by atoms with E-state index in [0.29, 0.717) is 5.92 Å². The van der Waals surface area contributed by atoms with Gasteiger partial charge in [0.05, 0.1) is 17.3 Å². The zero-order chi connectivity index (χ0) is 16.1. The van der Waals surface area contributed by atoms with Gasteiger partial charge in [0.15, 0.2) is 0 Å². The van der Waals surface area contributed by atoms with Gasteiger partial charge in [0.2, 0.25) is 0 Å². The van der Waals surface area contributed by atoms with Gasteiger partial charge < -0.3 is 4.55 Å². The van der Waals surface area contributed by atoms with Crippen molar-refractivity contribution in [3.05, 3.63) is 34.1 Å². The van der Waals surface area contributed by atoms with Gasteiger partial charge in [-0.3, -0.25) is 0 Å². The Morgan fingerprint density at radius 2 is 2.05 bits per heavy atom. The lowest BCUT2D eigenvalue weighted by molar-refractivity contribution is 0.528. The summed E-state index contributed by atoms with van der Waals surface area (Å²) in [5, 5.41) is 4.64. The van der Waals surface area contributed by atoms with Crippen LogP contribution >= 0.6 is 15.9 Å². The van der Waals surface area contributed by atoms with Gasteiger partial charge in [-0.15, -0.1) is 4.72 Å². The molecule has 0 aromatic carbocycles. The maximum atomic E-state index is 12.2. The smallest absolute Gasteiger partial charge is 0.136 e. The zero-order valence-corrected chi connectivity index (χ0v) is 15.8. The number of hydrogen-bond acceptors (Lipinski definition) is 3. The molecule has 2 heterocycles. The second-order valence-electron chi connectivity index (χ2n) is 7.01. The minimum Gasteiger partial charge on any atom is -0.598 e. The highest BCUT2D eigenvalue weighted by Crippen LogP contribution is 2.41. The Kier molecular flexibility index (Phi) is 4.31. The molecule has 1 aliphatic rings. The molecular formula is C16H22BrN3OS. The summed E-state index contributed by atoms with van der Waals surface area (Å²) < 4.78 is 18.0. The van der Waals surface area contributed by atoms with Crippen molar-refractivity contribution in [2.24, 2.45) is 0 Å². The van der Waals surface area contributed by atoms with E-state index in [9.17, 15) is 4.55 Å². The summed E-state index contributed by atoms with van der Waals surface area (Å²) in [6.07, 6.45) is 2.57. The van der Waals surface area contributed by atoms with Gasteiger partial charge in [0.1, 0.15) is 9.35 Å². The van der Waals surface area contributed by atoms with Crippen LogP contribution in [-0.4, -0.2) is 18.9 Å². The highest BCUT2D eigenvalue weighted by Gasteiger charge is 2.29. The van der Waals surface area contributed by atoms with E-state index in [1.54, 1.807) is 0 Å². The number of nitrogens with zero attached hydrogens (tertiary/aromatic N) is 2. The standard InChI is InChI=1S/C16H22BrN3OS/c1-10(19-22(21)16(2,3)4)14-9-13-7-12(11-5-6-11)8-15(17)20(13)18-14/h7-11,19H,5-6H2,1-4H3/t10-,22-/m1/s1. The van der Waals surface area contributed by atoms with Crippen LogP contribution in [0.3, 0.4) is 0 Å². The highest BCUT2D eigenvalue weighted by molar-refractivity contribution is 9.10. The summed E-state index contributed by atoms with van der Waals surface area (Å²) in [6, 6.07) is 6.39. The Hall–Kier alpha value is -0.560. The summed E-state index contributed by atoms with van der Waals surface area (Å²) in [4.78, 5) is 0. The molecule has 22 heavy (non-hydrogen) atoms. The minimum atomic E-state index is -1.11. The second kappa shape index (κ2) is 5.82. The SMILES string of the molecule is C[C@@H](N[S@+]([O-])C(C)(C)C)c1cc2cc(C3CC3)cc(Br)n2n1. The van der Waals surface area contributed by atoms with Crippen LogP contribution in [0.15, 0.2) is 22.8 Å². The average molecular weight is 384 g/mol. The summed E-state index contributed by atoms with van der Waals surface area (Å²) >= 11 is 2.50. The number of pyridine rings is 1. The Morgan fingerprint density at radius 3 is 2.64 bits per heavy atom. The molecule has 0 amide bonds. The molecule has 0 radical (unpaired) electrons. The van der Waals surface area contributed by atoms with Crippen LogP contribution in [0.2, 0.25) is 0 Å². The maximum Gasteiger partial charge on any atom is 0.136 e. The van der Waals surface area contributed by atoms with Crippen LogP contribution < -0.4 is 4.72 Å². The van der Waals surface area contributed by atoms with Crippen LogP contribution in [0.4, 0.5) is 0 Å². The molecule has 0 bridgehead atoms. The lowest BCUT2D eigenvalue weighted by atomic mass is 10.1. The normalized spacial score (nSPS) is 18.6. The summed E-state index contributed by atoms with van der Waals surface area (Å²) in [6.45, 7) is 7.89. The van der Waals surface area contributed by atoms with E-state index < -0.39 is 11.4 Å². The predicted molar refractivity (Wildman–Crippen MR) is 94.3 cm³/mol. The Balaban J connectivity index is 1.86. The van der Waals surface area contributed by atoms with Gasteiger partial charge in [0.25, 0.3) is 0 Å². The van der Waals surface area contributed by atoms with Crippen molar-refractivity contribution < 1.29 is 4.55 Å². The third-order valence-corrected chi connectivity index (χ3v) is 6.14. The van der Waals surface area contributed by atoms with E-state index in [0.717, 1.165) is 15.8 Å². The molecule has 2 aromatic rings. The van der Waals surface area contributed by atoms with Gasteiger partial charge in [-0.1, -0.05) is 0 Å². The monoisotopic (exact) mass is 383 g/mol. The van der Waals surface area contributed by atoms with Gasteiger partial charge in [-0.25, -0.2) is 4.52 Å². The number of fused-ring (bicyclic) bond motifs is 1. The van der Waals surface area contributed by atoms with Crippen molar-refractivity contribution >= 4 is 32.8 Å². The molecular weight excluding hydrogens is 362 g/mol. The zero-order valence-electron chi connectivity index (χ0n) is 13.4. The summed E-state index contributed by atoms with van der Waals surface area (Å²) in [7, 11) is 0. The van der Waals surface area contributed by atoms with Crippen LogP contribution in [-0.2, 0) is 11.4 Å². The Bertz CT molecular complexity index is 690. The van der Waals surface area contributed by atoms with Crippen LogP contribution in [0.25, 0.3) is 5.52 Å². The molecule has 4 nitrogen and oxygen atoms in total. The van der Waals surface area contributed by atoms with E-state index in [2.05, 4.69) is 43.9 Å². The molecule has 1 fully saturated rings. The molecule has 1 N–H and O–H groups in total. The molecule has 0 saturated heterocycles. The van der Waals surface area contributed by atoms with Crippen LogP contribution in [0.1, 0.15) is 63.8 Å². The van der Waals surface area contributed by atoms with Gasteiger partial charge in [0, 0.05) is 11.4 Å². The Morgan fingerprint density at radius 1 is 1.36 bits per heavy atom. The van der Waals surface area contributed by atoms with E-state index in [1.165, 1.54) is 18.4 Å². The van der Waals surface area contributed by atoms with E-state index in [4.69, 9.17) is 0 Å². The van der Waals surface area contributed by atoms with Crippen LogP contribution in [0, 0.1) is 0 Å². The minimum absolute atomic E-state index is 0.0590. The fourth-order valence-electron chi connectivity index (χ4n) is 2.36. The fourth-order valence-corrected chi connectivity index (χ4v) is 3.71. The van der Waals surface area contributed by atoms with Gasteiger partial charge in [-0.2, -0.15) is 5.10 Å². The first kappa shape index (κ1) is 16.3. The molecule has 1 saturated carbocycles. The molecule has 120 valence electrons. The lowest BCUT2D eigenvalue weighted by Crippen LogP contribution is -2.40. The quantitative estimate of drug-likeness (QED) is 0.638. The van der Waals surface area contributed by atoms with Crippen molar-refractivity contribution in [1.82, 2.24) is 14.3 Å². The molecule has 1 aliphatic carbocycles. The average Bonchev–Trinajstić information content (AvgIpc) is 3.17. The van der Waals surface area contributed by atoms with Gasteiger partial charge in [-0.05, 0) is 86.1 Å². The number of hydrogen-bond donors (Lipinski definition) is 1. The second-order valence-corrected chi connectivity index (χ2v) is 9.82. The lowest BCUT2D eigenvalue weighted by Gasteiger charge is -2.25. The molecule has 3 rings (SSSR count). The van der Waals surface area contributed by atoms with Crippen molar-refractivity contribution in [2.45, 2.75) is 57.2 Å². The number of nitrogens with one attached hydrogen (secondary N) is 1. The number of rotatable bonds is 4. The fraction of sp³-hybridized carbons (Fsp3) is 0.562. The molecule has 6 heteroatoms. The van der Waals surface area contributed by atoms with Crippen LogP contribution in [0.5, 0.6) is 0 Å². The number of halogens is 1. The first-order valence-corrected chi connectivity index (χ1v) is 9.57. The summed E-state index contributed by atoms with van der Waals surface area (Å²) in [5.74, 6) is 0.712. The Labute approximate surface area is 143 Å². The largest absolute Gasteiger partial charge is 0.598 e. The maximum absolute atomic E-state index is 12.2. The van der Waals surface area contributed by atoms with Gasteiger partial charge >= 0.3 is 0 Å². The van der Waals surface area contributed by atoms with E-state index in [-0.39, 0.29) is 10.8 Å². The molecule has 0 spiro atoms. The van der Waals surface area contributed by atoms with Crippen molar-refractivity contribution in [3.63, 3.8) is 0 Å². The molecule has 2 aromatic heterocycles. The highest BCUT2D eigenvalue weighted by atomic mass is 79.9. The topological polar surface area (TPSA) is 52.4 Å². The molecule has 0 unspecified atom stereocenters. The first-order valence-electron chi connectivity index (χ1n) is 7.63. The van der Waals surface area contributed by atoms with Crippen molar-refractivity contribution in [1.29, 1.82) is 0 Å². The van der Waals surface area contributed by atoms with Crippen molar-refractivity contribution in [3.8, 4) is 0 Å². The molecule has 0 aliphatic heterocycles. The van der Waals surface area contributed by atoms with E-state index in [1.807, 2.05) is 32.2 Å². The third-order valence-electron chi connectivity index (χ3n) is 3.89.